The lowest BCUT2D eigenvalue weighted by Crippen LogP contribution is -2.06. The third kappa shape index (κ3) is 5.44. The van der Waals surface area contributed by atoms with E-state index in [0.29, 0.717) is 16.8 Å². The molecule has 0 spiro atoms. The minimum atomic E-state index is 0.353. The molecule has 0 aliphatic carbocycles. The van der Waals surface area contributed by atoms with E-state index < -0.39 is 0 Å². The summed E-state index contributed by atoms with van der Waals surface area (Å²) in [5.74, 6) is 1.05. The molecule has 0 saturated heterocycles. The van der Waals surface area contributed by atoms with Crippen LogP contribution in [0.1, 0.15) is 32.9 Å². The lowest BCUT2D eigenvalue weighted by Gasteiger charge is -2.08. The van der Waals surface area contributed by atoms with Gasteiger partial charge in [0.05, 0.1) is 10.7 Å². The van der Waals surface area contributed by atoms with Gasteiger partial charge in [0, 0.05) is 22.8 Å². The second kappa shape index (κ2) is 8.83. The number of nitrogens with one attached hydrogen (secondary N) is 1. The van der Waals surface area contributed by atoms with Gasteiger partial charge in [0.25, 0.3) is 0 Å². The number of allylic oxidation sites excluding steroid dienone is 5. The first kappa shape index (κ1) is 19.2. The van der Waals surface area contributed by atoms with Crippen LogP contribution in [0.15, 0.2) is 53.7 Å². The highest BCUT2D eigenvalue weighted by atomic mass is 35.5. The highest BCUT2D eigenvalue weighted by molar-refractivity contribution is 7.13. The average Bonchev–Trinajstić information content (AvgIpc) is 3.04. The minimum Gasteiger partial charge on any atom is -0.402 e. The van der Waals surface area contributed by atoms with Crippen molar-refractivity contribution in [2.45, 2.75) is 27.2 Å². The minimum absolute atomic E-state index is 0.353. The van der Waals surface area contributed by atoms with Gasteiger partial charge in [0.2, 0.25) is 0 Å². The number of nitrogens with zero attached hydrogens (tertiary/aromatic N) is 2. The molecule has 2 aromatic rings. The van der Waals surface area contributed by atoms with Crippen LogP contribution in [0.3, 0.4) is 0 Å². The molecule has 4 nitrogen and oxygen atoms in total. The lowest BCUT2D eigenvalue weighted by molar-refractivity contribution is 0.648. The maximum Gasteiger partial charge on any atom is 0.188 e. The van der Waals surface area contributed by atoms with E-state index in [4.69, 9.17) is 17.3 Å². The molecule has 0 aliphatic heterocycles. The summed E-state index contributed by atoms with van der Waals surface area (Å²) < 4.78 is 0. The molecule has 0 aromatic carbocycles. The summed E-state index contributed by atoms with van der Waals surface area (Å²) in [6.07, 6.45) is 6.55. The van der Waals surface area contributed by atoms with Gasteiger partial charge in [-0.25, -0.2) is 9.97 Å². The van der Waals surface area contributed by atoms with E-state index >= 15 is 0 Å². The van der Waals surface area contributed by atoms with E-state index in [1.165, 1.54) is 11.3 Å². The van der Waals surface area contributed by atoms with Crippen LogP contribution < -0.4 is 11.1 Å². The highest BCUT2D eigenvalue weighted by Crippen LogP contribution is 2.28. The van der Waals surface area contributed by atoms with Crippen molar-refractivity contribution in [3.63, 3.8) is 0 Å². The Morgan fingerprint density at radius 2 is 2.20 bits per heavy atom. The zero-order valence-corrected chi connectivity index (χ0v) is 16.3. The molecule has 0 bridgehead atoms. The second-order valence-corrected chi connectivity index (χ2v) is 7.16. The fourth-order valence-electron chi connectivity index (χ4n) is 2.04. The van der Waals surface area contributed by atoms with Crippen LogP contribution in [0.25, 0.3) is 5.57 Å². The van der Waals surface area contributed by atoms with Crippen molar-refractivity contribution in [3.05, 3.63) is 64.4 Å². The maximum absolute atomic E-state index is 6.11. The first-order chi connectivity index (χ1) is 11.9. The normalized spacial score (nSPS) is 13.6. The van der Waals surface area contributed by atoms with E-state index in [2.05, 4.69) is 35.7 Å². The number of rotatable bonds is 7. The summed E-state index contributed by atoms with van der Waals surface area (Å²) in [6.45, 7) is 10.3. The van der Waals surface area contributed by atoms with Crippen molar-refractivity contribution in [1.82, 2.24) is 9.97 Å². The Kier molecular flexibility index (Phi) is 6.79. The fourth-order valence-corrected chi connectivity index (χ4v) is 2.87. The average molecular weight is 375 g/mol. The van der Waals surface area contributed by atoms with Crippen LogP contribution in [0, 0.1) is 5.92 Å². The van der Waals surface area contributed by atoms with E-state index in [9.17, 15) is 0 Å². The molecule has 6 heteroatoms. The van der Waals surface area contributed by atoms with Gasteiger partial charge >= 0.3 is 0 Å². The van der Waals surface area contributed by atoms with Gasteiger partial charge in [-0.1, -0.05) is 38.1 Å². The van der Waals surface area contributed by atoms with Gasteiger partial charge in [0.15, 0.2) is 5.13 Å². The number of aromatic nitrogens is 2. The van der Waals surface area contributed by atoms with Gasteiger partial charge in [-0.05, 0) is 43.0 Å². The second-order valence-electron chi connectivity index (χ2n) is 5.86. The number of thiazole rings is 1. The maximum atomic E-state index is 6.11. The molecule has 0 amide bonds. The summed E-state index contributed by atoms with van der Waals surface area (Å²) in [4.78, 5) is 8.84. The molecule has 2 rings (SSSR count). The first-order valence-electron chi connectivity index (χ1n) is 8.08. The Morgan fingerprint density at radius 3 is 2.80 bits per heavy atom. The lowest BCUT2D eigenvalue weighted by atomic mass is 10.0. The Balaban J connectivity index is 2.21. The Bertz CT molecular complexity index is 790. The van der Waals surface area contributed by atoms with Crippen molar-refractivity contribution in [2.24, 2.45) is 11.7 Å². The molecule has 0 saturated carbocycles. The SMILES string of the molecule is C=C(C)/C(=C\C=C(\N)C(C)CC)c1csc(Nc2ccc(Cl)cn2)n1. The number of nitrogens with two attached hydrogens (primary N) is 1. The molecule has 3 N–H and O–H groups in total. The Morgan fingerprint density at radius 1 is 1.44 bits per heavy atom. The smallest absolute Gasteiger partial charge is 0.188 e. The van der Waals surface area contributed by atoms with Crippen LogP contribution in [0.2, 0.25) is 5.02 Å². The van der Waals surface area contributed by atoms with Gasteiger partial charge in [0.1, 0.15) is 5.82 Å². The van der Waals surface area contributed by atoms with Gasteiger partial charge in [-0.3, -0.25) is 0 Å². The predicted octanol–water partition coefficient (Wildman–Crippen LogP) is 5.78. The van der Waals surface area contributed by atoms with Crippen LogP contribution in [-0.2, 0) is 0 Å². The fraction of sp³-hybridized carbons (Fsp3) is 0.263. The highest BCUT2D eigenvalue weighted by Gasteiger charge is 2.09. The molecular weight excluding hydrogens is 352 g/mol. The van der Waals surface area contributed by atoms with Gasteiger partial charge in [-0.2, -0.15) is 0 Å². The zero-order chi connectivity index (χ0) is 18.4. The number of pyridine rings is 1. The van der Waals surface area contributed by atoms with Crippen LogP contribution >= 0.6 is 22.9 Å². The third-order valence-electron chi connectivity index (χ3n) is 3.83. The molecule has 2 aromatic heterocycles. The first-order valence-corrected chi connectivity index (χ1v) is 9.34. The Hall–Kier alpha value is -2.11. The molecular formula is C19H23ClN4S. The third-order valence-corrected chi connectivity index (χ3v) is 4.81. The van der Waals surface area contributed by atoms with Crippen molar-refractivity contribution < 1.29 is 0 Å². The summed E-state index contributed by atoms with van der Waals surface area (Å²) >= 11 is 7.36. The molecule has 2 heterocycles. The molecule has 0 radical (unpaired) electrons. The van der Waals surface area contributed by atoms with Gasteiger partial charge < -0.3 is 11.1 Å². The quantitative estimate of drug-likeness (QED) is 0.602. The van der Waals surface area contributed by atoms with Crippen molar-refractivity contribution in [2.75, 3.05) is 5.32 Å². The van der Waals surface area contributed by atoms with Crippen molar-refractivity contribution in [3.8, 4) is 0 Å². The standard InChI is InChI=1S/C19H23ClN4S/c1-5-13(4)16(21)8-7-15(12(2)3)17-11-25-19(23-17)24-18-9-6-14(20)10-22-18/h6-11,13H,2,5,21H2,1,3-4H3,(H,22,23,24)/b15-7+,16-8+. The van der Waals surface area contributed by atoms with Crippen molar-refractivity contribution in [1.29, 1.82) is 0 Å². The largest absolute Gasteiger partial charge is 0.402 e. The van der Waals surface area contributed by atoms with Crippen LogP contribution in [0.4, 0.5) is 10.9 Å². The molecule has 0 fully saturated rings. The van der Waals surface area contributed by atoms with E-state index in [1.807, 2.05) is 30.5 Å². The summed E-state index contributed by atoms with van der Waals surface area (Å²) in [5.41, 5.74) is 9.75. The van der Waals surface area contributed by atoms with E-state index in [1.54, 1.807) is 12.3 Å². The monoisotopic (exact) mass is 374 g/mol. The van der Waals surface area contributed by atoms with Crippen molar-refractivity contribution >= 4 is 39.5 Å². The zero-order valence-electron chi connectivity index (χ0n) is 14.7. The molecule has 0 aliphatic rings. The molecule has 1 unspecified atom stereocenters. The molecule has 25 heavy (non-hydrogen) atoms. The van der Waals surface area contributed by atoms with E-state index in [0.717, 1.165) is 34.1 Å². The number of hydrogen-bond acceptors (Lipinski definition) is 5. The van der Waals surface area contributed by atoms with Crippen LogP contribution in [-0.4, -0.2) is 9.97 Å². The molecule has 1 atom stereocenters. The van der Waals surface area contributed by atoms with Crippen LogP contribution in [0.5, 0.6) is 0 Å². The Labute approximate surface area is 158 Å². The number of hydrogen-bond donors (Lipinski definition) is 2. The van der Waals surface area contributed by atoms with E-state index in [-0.39, 0.29) is 0 Å². The predicted molar refractivity (Wildman–Crippen MR) is 109 cm³/mol. The number of anilines is 2. The molecule has 132 valence electrons. The summed E-state index contributed by atoms with van der Waals surface area (Å²) in [7, 11) is 0. The van der Waals surface area contributed by atoms with Gasteiger partial charge in [-0.15, -0.1) is 11.3 Å². The summed E-state index contributed by atoms with van der Waals surface area (Å²) in [6, 6.07) is 3.60. The number of halogens is 1. The topological polar surface area (TPSA) is 63.8 Å². The summed E-state index contributed by atoms with van der Waals surface area (Å²) in [5, 5.41) is 6.53.